The summed E-state index contributed by atoms with van der Waals surface area (Å²) in [6.07, 6.45) is 2.82. The summed E-state index contributed by atoms with van der Waals surface area (Å²) in [7, 11) is 0. The fourth-order valence-electron chi connectivity index (χ4n) is 4.89. The average molecular weight is 506 g/mol. The molecule has 4 rings (SSSR count). The molecule has 0 aliphatic carbocycles. The molecule has 2 aromatic rings. The van der Waals surface area contributed by atoms with Crippen LogP contribution in [-0.2, 0) is 0 Å². The first-order valence-electron chi connectivity index (χ1n) is 13.0. The molecule has 1 unspecified atom stereocenters. The van der Waals surface area contributed by atoms with E-state index < -0.39 is 0 Å². The average Bonchev–Trinajstić information content (AvgIpc) is 3.13. The van der Waals surface area contributed by atoms with Crippen molar-refractivity contribution in [2.45, 2.75) is 51.6 Å². The van der Waals surface area contributed by atoms with Gasteiger partial charge in [-0.2, -0.15) is 0 Å². The molecule has 1 fully saturated rings. The number of nitrogens with one attached hydrogen (secondary N) is 2. The number of unbranched alkanes of at least 4 members (excludes halogenated alkanes) is 1. The van der Waals surface area contributed by atoms with Crippen molar-refractivity contribution < 1.29 is 19.2 Å². The number of likely N-dealkylation sites (tertiary alicyclic amines) is 1. The number of carbonyl (C=O) groups is 4. The third-order valence-corrected chi connectivity index (χ3v) is 6.73. The monoisotopic (exact) mass is 505 g/mol. The molecule has 2 aliphatic heterocycles. The van der Waals surface area contributed by atoms with E-state index in [9.17, 15) is 19.2 Å². The zero-order valence-corrected chi connectivity index (χ0v) is 21.5. The summed E-state index contributed by atoms with van der Waals surface area (Å²) in [5, 5.41) is 5.91. The van der Waals surface area contributed by atoms with Crippen LogP contribution in [0.1, 0.15) is 60.2 Å². The molecule has 2 heterocycles. The number of benzene rings is 2. The Morgan fingerprint density at radius 1 is 0.973 bits per heavy atom. The van der Waals surface area contributed by atoms with Crippen molar-refractivity contribution >= 4 is 29.6 Å². The smallest absolute Gasteiger partial charge is 0.321 e. The largest absolute Gasteiger partial charge is 0.336 e. The van der Waals surface area contributed by atoms with Crippen LogP contribution in [0.5, 0.6) is 0 Å². The van der Waals surface area contributed by atoms with Gasteiger partial charge in [-0.25, -0.2) is 9.59 Å². The highest BCUT2D eigenvalue weighted by molar-refractivity contribution is 6.21. The zero-order chi connectivity index (χ0) is 26.4. The molecule has 0 spiro atoms. The van der Waals surface area contributed by atoms with E-state index in [1.165, 1.54) is 4.90 Å². The quantitative estimate of drug-likeness (QED) is 0.415. The Bertz CT molecular complexity index is 1100. The van der Waals surface area contributed by atoms with Gasteiger partial charge >= 0.3 is 12.1 Å². The molecule has 196 valence electrons. The Balaban J connectivity index is 1.35. The van der Waals surface area contributed by atoms with Crippen LogP contribution >= 0.6 is 0 Å². The standard InChI is InChI=1S/C28H35N5O4/c1-20(2)29-28(37)32(17-8-9-18-33-25(34)23-14-6-7-15-24(23)26(33)35)22-13-10-16-31(19-22)27(36)30-21-11-4-3-5-12-21/h3-7,11-12,14-15,20,22H,8-10,13,16-19H2,1-2H3,(H,29,37)(H,30,36). The molecule has 2 aromatic carbocycles. The van der Waals surface area contributed by atoms with Crippen molar-refractivity contribution in [3.05, 3.63) is 65.7 Å². The summed E-state index contributed by atoms with van der Waals surface area (Å²) in [6, 6.07) is 15.7. The molecule has 1 saturated heterocycles. The second-order valence-corrected chi connectivity index (χ2v) is 9.85. The third kappa shape index (κ3) is 6.28. The van der Waals surface area contributed by atoms with Gasteiger partial charge in [0, 0.05) is 37.9 Å². The molecule has 6 amide bonds. The number of nitrogens with zero attached hydrogens (tertiary/aromatic N) is 3. The van der Waals surface area contributed by atoms with Gasteiger partial charge in [-0.05, 0) is 63.8 Å². The maximum absolute atomic E-state index is 13.1. The Kier molecular flexibility index (Phi) is 8.43. The van der Waals surface area contributed by atoms with Crippen LogP contribution in [0, 0.1) is 0 Å². The summed E-state index contributed by atoms with van der Waals surface area (Å²) in [4.78, 5) is 56.1. The van der Waals surface area contributed by atoms with Gasteiger partial charge in [-0.15, -0.1) is 0 Å². The maximum atomic E-state index is 13.1. The van der Waals surface area contributed by atoms with Gasteiger partial charge in [-0.3, -0.25) is 14.5 Å². The lowest BCUT2D eigenvalue weighted by Gasteiger charge is -2.39. The molecular weight excluding hydrogens is 470 g/mol. The molecule has 0 saturated carbocycles. The van der Waals surface area contributed by atoms with Crippen molar-refractivity contribution in [1.82, 2.24) is 20.0 Å². The normalized spacial score (nSPS) is 17.1. The van der Waals surface area contributed by atoms with E-state index in [4.69, 9.17) is 0 Å². The van der Waals surface area contributed by atoms with E-state index in [1.807, 2.05) is 49.1 Å². The summed E-state index contributed by atoms with van der Waals surface area (Å²) < 4.78 is 0. The number of urea groups is 2. The maximum Gasteiger partial charge on any atom is 0.321 e. The van der Waals surface area contributed by atoms with Gasteiger partial charge in [0.05, 0.1) is 17.2 Å². The number of fused-ring (bicyclic) bond motifs is 1. The van der Waals surface area contributed by atoms with Crippen molar-refractivity contribution in [2.24, 2.45) is 0 Å². The SMILES string of the molecule is CC(C)NC(=O)N(CCCCN1C(=O)c2ccccc2C1=O)C1CCCN(C(=O)Nc2ccccc2)C1. The molecule has 0 bridgehead atoms. The van der Waals surface area contributed by atoms with Crippen molar-refractivity contribution in [1.29, 1.82) is 0 Å². The number of imide groups is 1. The van der Waals surface area contributed by atoms with Crippen LogP contribution in [-0.4, -0.2) is 76.8 Å². The van der Waals surface area contributed by atoms with Crippen molar-refractivity contribution in [2.75, 3.05) is 31.5 Å². The minimum absolute atomic E-state index is 0.0191. The van der Waals surface area contributed by atoms with E-state index in [2.05, 4.69) is 10.6 Å². The zero-order valence-electron chi connectivity index (χ0n) is 21.5. The molecule has 0 aromatic heterocycles. The first-order valence-corrected chi connectivity index (χ1v) is 13.0. The number of hydrogen-bond acceptors (Lipinski definition) is 4. The van der Waals surface area contributed by atoms with Gasteiger partial charge in [0.25, 0.3) is 11.8 Å². The summed E-state index contributed by atoms with van der Waals surface area (Å²) in [6.45, 7) is 5.69. The molecule has 9 nitrogen and oxygen atoms in total. The highest BCUT2D eigenvalue weighted by Gasteiger charge is 2.35. The van der Waals surface area contributed by atoms with Gasteiger partial charge in [0.15, 0.2) is 0 Å². The number of para-hydroxylation sites is 1. The van der Waals surface area contributed by atoms with E-state index >= 15 is 0 Å². The van der Waals surface area contributed by atoms with Crippen LogP contribution in [0.2, 0.25) is 0 Å². The summed E-state index contributed by atoms with van der Waals surface area (Å²) in [5.41, 5.74) is 1.63. The summed E-state index contributed by atoms with van der Waals surface area (Å²) >= 11 is 0. The topological polar surface area (TPSA) is 102 Å². The minimum Gasteiger partial charge on any atom is -0.336 e. The van der Waals surface area contributed by atoms with Crippen LogP contribution in [0.4, 0.5) is 15.3 Å². The van der Waals surface area contributed by atoms with Gasteiger partial charge in [0.1, 0.15) is 0 Å². The lowest BCUT2D eigenvalue weighted by atomic mass is 10.0. The predicted molar refractivity (Wildman–Crippen MR) is 141 cm³/mol. The minimum atomic E-state index is -0.262. The summed E-state index contributed by atoms with van der Waals surface area (Å²) in [5.74, 6) is -0.523. The third-order valence-electron chi connectivity index (χ3n) is 6.73. The molecular formula is C28H35N5O4. The Hall–Kier alpha value is -3.88. The molecule has 1 atom stereocenters. The van der Waals surface area contributed by atoms with E-state index in [0.717, 1.165) is 18.5 Å². The molecule has 2 N–H and O–H groups in total. The lowest BCUT2D eigenvalue weighted by molar-refractivity contribution is 0.0648. The Morgan fingerprint density at radius 2 is 1.62 bits per heavy atom. The van der Waals surface area contributed by atoms with E-state index in [-0.39, 0.29) is 36.0 Å². The van der Waals surface area contributed by atoms with Crippen LogP contribution in [0.15, 0.2) is 54.6 Å². The van der Waals surface area contributed by atoms with Crippen LogP contribution in [0.25, 0.3) is 0 Å². The molecule has 0 radical (unpaired) electrons. The fraction of sp³-hybridized carbons (Fsp3) is 0.429. The number of rotatable bonds is 8. The second-order valence-electron chi connectivity index (χ2n) is 9.85. The van der Waals surface area contributed by atoms with Crippen molar-refractivity contribution in [3.63, 3.8) is 0 Å². The highest BCUT2D eigenvalue weighted by Crippen LogP contribution is 2.23. The van der Waals surface area contributed by atoms with E-state index in [0.29, 0.717) is 50.1 Å². The first-order chi connectivity index (χ1) is 17.8. The number of anilines is 1. The van der Waals surface area contributed by atoms with Crippen molar-refractivity contribution in [3.8, 4) is 0 Å². The van der Waals surface area contributed by atoms with E-state index in [1.54, 1.807) is 29.2 Å². The Morgan fingerprint density at radius 3 is 2.27 bits per heavy atom. The van der Waals surface area contributed by atoms with Gasteiger partial charge in [0.2, 0.25) is 0 Å². The molecule has 2 aliphatic rings. The van der Waals surface area contributed by atoms with Gasteiger partial charge in [-0.1, -0.05) is 30.3 Å². The Labute approximate surface area is 217 Å². The fourth-order valence-corrected chi connectivity index (χ4v) is 4.89. The number of hydrogen-bond donors (Lipinski definition) is 2. The molecule has 37 heavy (non-hydrogen) atoms. The number of carbonyl (C=O) groups excluding carboxylic acids is 4. The molecule has 9 heteroatoms. The van der Waals surface area contributed by atoms with Gasteiger partial charge < -0.3 is 20.4 Å². The predicted octanol–water partition coefficient (Wildman–Crippen LogP) is 4.18. The van der Waals surface area contributed by atoms with Crippen LogP contribution in [0.3, 0.4) is 0 Å². The number of piperidine rings is 1. The van der Waals surface area contributed by atoms with Crippen LogP contribution < -0.4 is 10.6 Å². The number of amides is 6. The first kappa shape index (κ1) is 26.2. The second kappa shape index (κ2) is 11.9. The lowest BCUT2D eigenvalue weighted by Crippen LogP contribution is -2.55. The highest BCUT2D eigenvalue weighted by atomic mass is 16.2.